The Kier molecular flexibility index (Phi) is 3.66. The van der Waals surface area contributed by atoms with Crippen LogP contribution in [0.25, 0.3) is 0 Å². The Balaban J connectivity index is 1.99. The fourth-order valence-corrected chi connectivity index (χ4v) is 3.17. The van der Waals surface area contributed by atoms with Crippen LogP contribution in [0.1, 0.15) is 28.8 Å². The third kappa shape index (κ3) is 2.66. The third-order valence-electron chi connectivity index (χ3n) is 3.58. The molecule has 4 heteroatoms. The number of fused-ring (bicyclic) bond motifs is 1. The molecule has 0 unspecified atom stereocenters. The van der Waals surface area contributed by atoms with Gasteiger partial charge in [0, 0.05) is 11.3 Å². The van der Waals surface area contributed by atoms with E-state index >= 15 is 0 Å². The van der Waals surface area contributed by atoms with Crippen LogP contribution in [-0.4, -0.2) is 16.2 Å². The molecule has 0 aliphatic heterocycles. The molecule has 1 N–H and O–H groups in total. The molecule has 3 nitrogen and oxygen atoms in total. The van der Waals surface area contributed by atoms with Crippen molar-refractivity contribution in [3.05, 3.63) is 40.6 Å². The highest BCUT2D eigenvalue weighted by molar-refractivity contribution is 7.98. The average molecular weight is 285 g/mol. The summed E-state index contributed by atoms with van der Waals surface area (Å²) in [6.45, 7) is 4.24. The summed E-state index contributed by atoms with van der Waals surface area (Å²) in [5, 5.41) is 4.36. The maximum Gasteiger partial charge on any atom is 0.189 e. The van der Waals surface area contributed by atoms with Gasteiger partial charge in [-0.2, -0.15) is 0 Å². The number of aromatic nitrogens is 2. The van der Waals surface area contributed by atoms with Crippen LogP contribution in [0.3, 0.4) is 0 Å². The summed E-state index contributed by atoms with van der Waals surface area (Å²) in [4.78, 5) is 9.28. The maximum atomic E-state index is 4.66. The van der Waals surface area contributed by atoms with Crippen molar-refractivity contribution in [3.63, 3.8) is 0 Å². The number of hydrogen-bond acceptors (Lipinski definition) is 4. The number of aryl methyl sites for hydroxylation is 3. The predicted octanol–water partition coefficient (Wildman–Crippen LogP) is 4.05. The van der Waals surface area contributed by atoms with Gasteiger partial charge in [0.2, 0.25) is 0 Å². The molecular formula is C16H19N3S. The second kappa shape index (κ2) is 5.44. The first-order valence-corrected chi connectivity index (χ1v) is 8.17. The minimum Gasteiger partial charge on any atom is -0.340 e. The van der Waals surface area contributed by atoms with Crippen LogP contribution in [0.4, 0.5) is 11.5 Å². The van der Waals surface area contributed by atoms with Crippen LogP contribution in [0, 0.1) is 13.8 Å². The summed E-state index contributed by atoms with van der Waals surface area (Å²) in [6, 6.07) is 6.51. The minimum atomic E-state index is 0.859. The van der Waals surface area contributed by atoms with Gasteiger partial charge in [0.05, 0.1) is 5.69 Å². The Labute approximate surface area is 124 Å². The van der Waals surface area contributed by atoms with E-state index in [1.165, 1.54) is 28.8 Å². The largest absolute Gasteiger partial charge is 0.340 e. The first kappa shape index (κ1) is 13.4. The lowest BCUT2D eigenvalue weighted by Gasteiger charge is -2.12. The zero-order chi connectivity index (χ0) is 14.1. The molecule has 0 saturated heterocycles. The summed E-state index contributed by atoms with van der Waals surface area (Å²) in [7, 11) is 0. The lowest BCUT2D eigenvalue weighted by atomic mass is 10.1. The highest BCUT2D eigenvalue weighted by Gasteiger charge is 2.19. The fraction of sp³-hybridized carbons (Fsp3) is 0.375. The lowest BCUT2D eigenvalue weighted by molar-refractivity contribution is 0.879. The van der Waals surface area contributed by atoms with Gasteiger partial charge in [0.25, 0.3) is 0 Å². The monoisotopic (exact) mass is 285 g/mol. The normalized spacial score (nSPS) is 13.3. The summed E-state index contributed by atoms with van der Waals surface area (Å²) >= 11 is 1.60. The topological polar surface area (TPSA) is 37.8 Å². The number of nitrogens with one attached hydrogen (secondary N) is 1. The van der Waals surface area contributed by atoms with E-state index < -0.39 is 0 Å². The number of nitrogens with zero attached hydrogens (tertiary/aromatic N) is 2. The molecule has 2 aromatic rings. The molecule has 20 heavy (non-hydrogen) atoms. The van der Waals surface area contributed by atoms with Crippen LogP contribution < -0.4 is 5.32 Å². The highest BCUT2D eigenvalue weighted by atomic mass is 32.2. The van der Waals surface area contributed by atoms with Gasteiger partial charge in [0.1, 0.15) is 5.82 Å². The van der Waals surface area contributed by atoms with Crippen LogP contribution in [-0.2, 0) is 12.8 Å². The van der Waals surface area contributed by atoms with Gasteiger partial charge in [-0.15, -0.1) is 0 Å². The number of thioether (sulfide) groups is 1. The molecule has 1 aliphatic rings. The van der Waals surface area contributed by atoms with Gasteiger partial charge in [-0.1, -0.05) is 17.8 Å². The van der Waals surface area contributed by atoms with E-state index in [9.17, 15) is 0 Å². The molecule has 3 rings (SSSR count). The zero-order valence-corrected chi connectivity index (χ0v) is 13.0. The lowest BCUT2D eigenvalue weighted by Crippen LogP contribution is -2.03. The Hall–Kier alpha value is -1.55. The Morgan fingerprint density at radius 1 is 1.05 bits per heavy atom. The molecule has 0 saturated carbocycles. The second-order valence-electron chi connectivity index (χ2n) is 5.34. The summed E-state index contributed by atoms with van der Waals surface area (Å²) in [6.07, 6.45) is 5.37. The van der Waals surface area contributed by atoms with E-state index in [0.29, 0.717) is 0 Å². The predicted molar refractivity (Wildman–Crippen MR) is 85.0 cm³/mol. The molecule has 1 heterocycles. The smallest absolute Gasteiger partial charge is 0.189 e. The van der Waals surface area contributed by atoms with Crippen LogP contribution in [0.15, 0.2) is 23.4 Å². The SMILES string of the molecule is CSc1nc2c(c(Nc3cc(C)cc(C)c3)n1)CCC2. The van der Waals surface area contributed by atoms with Crippen molar-refractivity contribution in [2.75, 3.05) is 11.6 Å². The van der Waals surface area contributed by atoms with E-state index in [0.717, 1.165) is 29.5 Å². The van der Waals surface area contributed by atoms with Gasteiger partial charge in [-0.05, 0) is 62.6 Å². The molecule has 1 aliphatic carbocycles. The van der Waals surface area contributed by atoms with Crippen LogP contribution in [0.2, 0.25) is 0 Å². The quantitative estimate of drug-likeness (QED) is 0.682. The standard InChI is InChI=1S/C16H19N3S/c1-10-7-11(2)9-12(8-10)17-15-13-5-4-6-14(13)18-16(19-15)20-3/h7-9H,4-6H2,1-3H3,(H,17,18,19). The van der Waals surface area contributed by atoms with Gasteiger partial charge < -0.3 is 5.32 Å². The van der Waals surface area contributed by atoms with E-state index in [2.05, 4.69) is 47.3 Å². The molecule has 0 radical (unpaired) electrons. The van der Waals surface area contributed by atoms with E-state index in [4.69, 9.17) is 0 Å². The maximum absolute atomic E-state index is 4.66. The zero-order valence-electron chi connectivity index (χ0n) is 12.2. The molecule has 1 aromatic carbocycles. The first-order chi connectivity index (χ1) is 9.65. The van der Waals surface area contributed by atoms with Crippen molar-refractivity contribution in [2.45, 2.75) is 38.3 Å². The third-order valence-corrected chi connectivity index (χ3v) is 4.13. The Bertz CT molecular complexity index is 632. The Morgan fingerprint density at radius 3 is 2.50 bits per heavy atom. The summed E-state index contributed by atoms with van der Waals surface area (Å²) in [5.41, 5.74) is 6.16. The molecule has 0 spiro atoms. The van der Waals surface area contributed by atoms with Gasteiger partial charge in [-0.3, -0.25) is 0 Å². The van der Waals surface area contributed by atoms with Gasteiger partial charge in [-0.25, -0.2) is 9.97 Å². The Morgan fingerprint density at radius 2 is 1.80 bits per heavy atom. The molecule has 0 amide bonds. The molecule has 0 fully saturated rings. The highest BCUT2D eigenvalue weighted by Crippen LogP contribution is 2.30. The van der Waals surface area contributed by atoms with Crippen molar-refractivity contribution in [2.24, 2.45) is 0 Å². The van der Waals surface area contributed by atoms with Crippen LogP contribution in [0.5, 0.6) is 0 Å². The molecular weight excluding hydrogens is 266 g/mol. The molecule has 104 valence electrons. The summed E-state index contributed by atoms with van der Waals surface area (Å²) in [5.74, 6) is 0.988. The van der Waals surface area contributed by atoms with Crippen molar-refractivity contribution in [3.8, 4) is 0 Å². The van der Waals surface area contributed by atoms with E-state index in [1.54, 1.807) is 11.8 Å². The minimum absolute atomic E-state index is 0.859. The molecule has 0 atom stereocenters. The van der Waals surface area contributed by atoms with Crippen molar-refractivity contribution >= 4 is 23.3 Å². The van der Waals surface area contributed by atoms with Gasteiger partial charge in [0.15, 0.2) is 5.16 Å². The average Bonchev–Trinajstić information content (AvgIpc) is 2.85. The van der Waals surface area contributed by atoms with Crippen molar-refractivity contribution in [1.82, 2.24) is 9.97 Å². The number of anilines is 2. The van der Waals surface area contributed by atoms with Crippen LogP contribution >= 0.6 is 11.8 Å². The number of rotatable bonds is 3. The second-order valence-corrected chi connectivity index (χ2v) is 6.11. The summed E-state index contributed by atoms with van der Waals surface area (Å²) < 4.78 is 0. The van der Waals surface area contributed by atoms with E-state index in [-0.39, 0.29) is 0 Å². The molecule has 1 aromatic heterocycles. The van der Waals surface area contributed by atoms with E-state index in [1.807, 2.05) is 6.26 Å². The molecule has 0 bridgehead atoms. The number of hydrogen-bond donors (Lipinski definition) is 1. The van der Waals surface area contributed by atoms with Gasteiger partial charge >= 0.3 is 0 Å². The first-order valence-electron chi connectivity index (χ1n) is 6.95. The fourth-order valence-electron chi connectivity index (χ4n) is 2.79. The van der Waals surface area contributed by atoms with Crippen molar-refractivity contribution in [1.29, 1.82) is 0 Å². The number of benzene rings is 1. The van der Waals surface area contributed by atoms with Crippen molar-refractivity contribution < 1.29 is 0 Å².